The molecule has 1 aromatic heterocycles. The van der Waals surface area contributed by atoms with E-state index in [0.717, 1.165) is 18.5 Å². The highest BCUT2D eigenvalue weighted by atomic mass is 16.6. The van der Waals surface area contributed by atoms with Gasteiger partial charge in [-0.3, -0.25) is 4.68 Å². The summed E-state index contributed by atoms with van der Waals surface area (Å²) in [4.78, 5) is 14.4. The summed E-state index contributed by atoms with van der Waals surface area (Å²) in [5.41, 5.74) is 6.29. The number of carbonyl (C=O) groups is 1. The summed E-state index contributed by atoms with van der Waals surface area (Å²) in [6.07, 6.45) is 5.34. The second-order valence-corrected chi connectivity index (χ2v) is 6.30. The van der Waals surface area contributed by atoms with E-state index >= 15 is 0 Å². The van der Waals surface area contributed by atoms with Crippen LogP contribution in [0.15, 0.2) is 12.4 Å². The fraction of sp³-hybridized carbons (Fsp3) is 0.714. The van der Waals surface area contributed by atoms with Gasteiger partial charge in [0.1, 0.15) is 11.6 Å². The van der Waals surface area contributed by atoms with Crippen molar-refractivity contribution in [3.05, 3.63) is 12.4 Å². The molecule has 0 amide bonds. The molecule has 0 saturated carbocycles. The van der Waals surface area contributed by atoms with Crippen LogP contribution < -0.4 is 10.6 Å². The van der Waals surface area contributed by atoms with Gasteiger partial charge in [-0.05, 0) is 33.6 Å². The number of nitrogens with zero attached hydrogens (tertiary/aromatic N) is 3. The molecule has 6 heteroatoms. The fourth-order valence-electron chi connectivity index (χ4n) is 2.65. The maximum atomic E-state index is 12.4. The fourth-order valence-corrected chi connectivity index (χ4v) is 2.65. The quantitative estimate of drug-likeness (QED) is 0.838. The maximum absolute atomic E-state index is 12.4. The third kappa shape index (κ3) is 3.12. The second kappa shape index (κ2) is 5.44. The number of hydrogen-bond acceptors (Lipinski definition) is 5. The molecule has 0 spiro atoms. The van der Waals surface area contributed by atoms with Gasteiger partial charge in [-0.25, -0.2) is 4.79 Å². The Balaban J connectivity index is 2.21. The summed E-state index contributed by atoms with van der Waals surface area (Å²) in [5.74, 6) is -0.183. The Kier molecular flexibility index (Phi) is 4.04. The summed E-state index contributed by atoms with van der Waals surface area (Å²) in [6, 6.07) is -0.108. The van der Waals surface area contributed by atoms with Gasteiger partial charge in [0.15, 0.2) is 0 Å². The molecule has 0 radical (unpaired) electrons. The van der Waals surface area contributed by atoms with Crippen LogP contribution in [0.25, 0.3) is 0 Å². The van der Waals surface area contributed by atoms with Crippen molar-refractivity contribution in [3.8, 4) is 0 Å². The normalized spacial score (nSPS) is 23.1. The van der Waals surface area contributed by atoms with Gasteiger partial charge in [-0.1, -0.05) is 0 Å². The Hall–Kier alpha value is -1.56. The Morgan fingerprint density at radius 2 is 2.20 bits per heavy atom. The number of hydrogen-bond donors (Lipinski definition) is 1. The first-order chi connectivity index (χ1) is 9.31. The maximum Gasteiger partial charge on any atom is 0.329 e. The summed E-state index contributed by atoms with van der Waals surface area (Å²) >= 11 is 0. The van der Waals surface area contributed by atoms with E-state index in [2.05, 4.69) is 10.00 Å². The second-order valence-electron chi connectivity index (χ2n) is 6.30. The van der Waals surface area contributed by atoms with E-state index in [1.165, 1.54) is 0 Å². The molecule has 2 atom stereocenters. The van der Waals surface area contributed by atoms with Gasteiger partial charge in [0.05, 0.1) is 11.9 Å². The lowest BCUT2D eigenvalue weighted by Crippen LogP contribution is -2.46. The molecule has 0 aliphatic carbocycles. The standard InChI is InChI=1S/C14H24N4O2/c1-14(2,3)20-13(19)12-6-5-10(7-15)18(12)11-8-16-17(4)9-11/h8-10,12H,5-7,15H2,1-4H3/t10-,12+/m1/s1. The molecule has 2 rings (SSSR count). The number of rotatable bonds is 3. The molecular formula is C14H24N4O2. The van der Waals surface area contributed by atoms with Gasteiger partial charge in [0.2, 0.25) is 0 Å². The third-order valence-electron chi connectivity index (χ3n) is 3.44. The zero-order valence-corrected chi connectivity index (χ0v) is 12.7. The van der Waals surface area contributed by atoms with E-state index < -0.39 is 5.60 Å². The molecule has 6 nitrogen and oxygen atoms in total. The molecule has 2 N–H and O–H groups in total. The molecule has 1 fully saturated rings. The van der Waals surface area contributed by atoms with Crippen molar-refractivity contribution in [3.63, 3.8) is 0 Å². The van der Waals surface area contributed by atoms with Crippen LogP contribution in [0.4, 0.5) is 5.69 Å². The molecule has 2 heterocycles. The van der Waals surface area contributed by atoms with E-state index in [-0.39, 0.29) is 18.1 Å². The van der Waals surface area contributed by atoms with E-state index in [0.29, 0.717) is 6.54 Å². The molecule has 1 aromatic rings. The van der Waals surface area contributed by atoms with Crippen molar-refractivity contribution in [1.82, 2.24) is 9.78 Å². The van der Waals surface area contributed by atoms with Crippen LogP contribution in [0.5, 0.6) is 0 Å². The number of carbonyl (C=O) groups excluding carboxylic acids is 1. The van der Waals surface area contributed by atoms with Crippen molar-refractivity contribution in [2.75, 3.05) is 11.4 Å². The van der Waals surface area contributed by atoms with Gasteiger partial charge in [0.25, 0.3) is 0 Å². The summed E-state index contributed by atoms with van der Waals surface area (Å²) in [5, 5.41) is 4.18. The number of aryl methyl sites for hydroxylation is 1. The van der Waals surface area contributed by atoms with Crippen molar-refractivity contribution < 1.29 is 9.53 Å². The van der Waals surface area contributed by atoms with Crippen LogP contribution in [0.3, 0.4) is 0 Å². The van der Waals surface area contributed by atoms with Gasteiger partial charge < -0.3 is 15.4 Å². The molecule has 1 aliphatic rings. The smallest absolute Gasteiger partial charge is 0.329 e. The van der Waals surface area contributed by atoms with Crippen LogP contribution in [-0.4, -0.2) is 40.0 Å². The average Bonchev–Trinajstić information content (AvgIpc) is 2.91. The Morgan fingerprint density at radius 1 is 1.50 bits per heavy atom. The Morgan fingerprint density at radius 3 is 2.70 bits per heavy atom. The molecule has 0 unspecified atom stereocenters. The summed E-state index contributed by atoms with van der Waals surface area (Å²) in [7, 11) is 1.86. The first-order valence-corrected chi connectivity index (χ1v) is 7.02. The zero-order valence-electron chi connectivity index (χ0n) is 12.7. The first-order valence-electron chi connectivity index (χ1n) is 7.02. The lowest BCUT2D eigenvalue weighted by Gasteiger charge is -2.31. The first kappa shape index (κ1) is 14.8. The highest BCUT2D eigenvalue weighted by molar-refractivity contribution is 5.81. The molecular weight excluding hydrogens is 256 g/mol. The topological polar surface area (TPSA) is 73.4 Å². The lowest BCUT2D eigenvalue weighted by molar-refractivity contribution is -0.156. The lowest BCUT2D eigenvalue weighted by atomic mass is 10.1. The number of nitrogens with two attached hydrogens (primary N) is 1. The number of esters is 1. The SMILES string of the molecule is Cn1cc(N2[C@@H](CN)CC[C@H]2C(=O)OC(C)(C)C)cn1. The minimum atomic E-state index is -0.474. The number of aromatic nitrogens is 2. The Bertz CT molecular complexity index is 478. The van der Waals surface area contributed by atoms with Crippen LogP contribution in [0.2, 0.25) is 0 Å². The van der Waals surface area contributed by atoms with Crippen LogP contribution in [0.1, 0.15) is 33.6 Å². The van der Waals surface area contributed by atoms with Crippen molar-refractivity contribution in [2.24, 2.45) is 12.8 Å². The minimum absolute atomic E-state index is 0.164. The van der Waals surface area contributed by atoms with Crippen molar-refractivity contribution >= 4 is 11.7 Å². The van der Waals surface area contributed by atoms with Gasteiger partial charge in [-0.2, -0.15) is 5.10 Å². The minimum Gasteiger partial charge on any atom is -0.458 e. The average molecular weight is 280 g/mol. The third-order valence-corrected chi connectivity index (χ3v) is 3.44. The molecule has 0 bridgehead atoms. The summed E-state index contributed by atoms with van der Waals surface area (Å²) < 4.78 is 7.25. The van der Waals surface area contributed by atoms with Crippen molar-refractivity contribution in [2.45, 2.75) is 51.3 Å². The van der Waals surface area contributed by atoms with Crippen LogP contribution >= 0.6 is 0 Å². The highest BCUT2D eigenvalue weighted by Gasteiger charge is 2.40. The number of ether oxygens (including phenoxy) is 1. The monoisotopic (exact) mass is 280 g/mol. The van der Waals surface area contributed by atoms with Gasteiger partial charge >= 0.3 is 5.97 Å². The molecule has 0 aromatic carbocycles. The predicted octanol–water partition coefficient (Wildman–Crippen LogP) is 1.06. The molecule has 112 valence electrons. The Labute approximate surface area is 119 Å². The highest BCUT2D eigenvalue weighted by Crippen LogP contribution is 2.31. The largest absolute Gasteiger partial charge is 0.458 e. The number of anilines is 1. The van der Waals surface area contributed by atoms with Crippen LogP contribution in [-0.2, 0) is 16.6 Å². The molecule has 1 aliphatic heterocycles. The van der Waals surface area contributed by atoms with Crippen LogP contribution in [0, 0.1) is 0 Å². The van der Waals surface area contributed by atoms with Gasteiger partial charge in [-0.15, -0.1) is 0 Å². The van der Waals surface area contributed by atoms with E-state index in [9.17, 15) is 4.79 Å². The van der Waals surface area contributed by atoms with E-state index in [1.807, 2.05) is 34.0 Å². The summed E-state index contributed by atoms with van der Waals surface area (Å²) in [6.45, 7) is 6.17. The van der Waals surface area contributed by atoms with Crippen molar-refractivity contribution in [1.29, 1.82) is 0 Å². The molecule has 1 saturated heterocycles. The van der Waals surface area contributed by atoms with Gasteiger partial charge in [0, 0.05) is 25.8 Å². The zero-order chi connectivity index (χ0) is 14.9. The molecule has 20 heavy (non-hydrogen) atoms. The van der Waals surface area contributed by atoms with E-state index in [4.69, 9.17) is 10.5 Å². The van der Waals surface area contributed by atoms with E-state index in [1.54, 1.807) is 10.9 Å². The predicted molar refractivity (Wildman–Crippen MR) is 77.4 cm³/mol.